The maximum atomic E-state index is 11.8. The molecule has 1 aromatic heterocycles. The molecule has 0 saturated carbocycles. The summed E-state index contributed by atoms with van der Waals surface area (Å²) in [6, 6.07) is -4.14. The molecule has 1 heterocycles. The molecular weight excluding hydrogens is 326 g/mol. The number of aliphatic hydroxyl groups is 2. The van der Waals surface area contributed by atoms with Crippen LogP contribution in [0.3, 0.4) is 0 Å². The Bertz CT molecular complexity index is 590. The molecule has 2 amide bonds. The van der Waals surface area contributed by atoms with E-state index in [4.69, 9.17) is 25.6 Å². The van der Waals surface area contributed by atoms with Gasteiger partial charge in [0.25, 0.3) is 0 Å². The van der Waals surface area contributed by atoms with Gasteiger partial charge in [-0.3, -0.25) is 9.59 Å². The topological polar surface area (TPSA) is 201 Å². The smallest absolute Gasteiger partial charge is 0.316 e. The summed E-state index contributed by atoms with van der Waals surface area (Å²) in [7, 11) is 0. The summed E-state index contributed by atoms with van der Waals surface area (Å²) in [5, 5.41) is 34.8. The second-order valence-electron chi connectivity index (χ2n) is 4.89. The predicted octanol–water partition coefficient (Wildman–Crippen LogP) is -2.17. The minimum Gasteiger partial charge on any atom is -0.481 e. The molecule has 0 aliphatic carbocycles. The van der Waals surface area contributed by atoms with E-state index in [1.807, 2.05) is 0 Å². The number of nitrogens with two attached hydrogens (primary N) is 1. The summed E-state index contributed by atoms with van der Waals surface area (Å²) in [4.78, 5) is 37.8. The fourth-order valence-corrected chi connectivity index (χ4v) is 1.63. The molecule has 12 nitrogen and oxygen atoms in total. The van der Waals surface area contributed by atoms with Crippen molar-refractivity contribution in [2.75, 3.05) is 13.2 Å². The third kappa shape index (κ3) is 5.57. The van der Waals surface area contributed by atoms with Crippen molar-refractivity contribution in [3.8, 4) is 0 Å². The highest BCUT2D eigenvalue weighted by molar-refractivity contribution is 5.87. The van der Waals surface area contributed by atoms with Gasteiger partial charge >= 0.3 is 12.0 Å². The van der Waals surface area contributed by atoms with Crippen LogP contribution in [0.25, 0.3) is 0 Å². The lowest BCUT2D eigenvalue weighted by molar-refractivity contribution is -0.137. The Labute approximate surface area is 136 Å². The van der Waals surface area contributed by atoms with Gasteiger partial charge in [-0.15, -0.1) is 0 Å². The van der Waals surface area contributed by atoms with Crippen molar-refractivity contribution in [2.45, 2.75) is 31.5 Å². The molecule has 24 heavy (non-hydrogen) atoms. The zero-order valence-corrected chi connectivity index (χ0v) is 12.8. The number of nitrogens with one attached hydrogen (secondary N) is 2. The number of carbonyl (C=O) groups is 3. The number of carboxylic acid groups (broad SMARTS) is 1. The second kappa shape index (κ2) is 8.90. The van der Waals surface area contributed by atoms with Crippen LogP contribution in [0.15, 0.2) is 4.52 Å². The zero-order chi connectivity index (χ0) is 18.3. The van der Waals surface area contributed by atoms with Crippen LogP contribution in [0.5, 0.6) is 0 Å². The molecular formula is C12H19N5O7. The summed E-state index contributed by atoms with van der Waals surface area (Å²) in [5.41, 5.74) is 5.51. The lowest BCUT2D eigenvalue weighted by Gasteiger charge is -2.17. The number of nitrogens with zero attached hydrogens (tertiary/aromatic N) is 2. The average molecular weight is 345 g/mol. The van der Waals surface area contributed by atoms with Crippen molar-refractivity contribution in [3.05, 3.63) is 11.7 Å². The van der Waals surface area contributed by atoms with Crippen molar-refractivity contribution < 1.29 is 34.2 Å². The summed E-state index contributed by atoms with van der Waals surface area (Å²) >= 11 is 0. The Balaban J connectivity index is 2.85. The first-order valence-corrected chi connectivity index (χ1v) is 6.88. The van der Waals surface area contributed by atoms with Gasteiger partial charge in [-0.05, 0) is 6.92 Å². The van der Waals surface area contributed by atoms with Crippen LogP contribution in [-0.4, -0.2) is 62.5 Å². The van der Waals surface area contributed by atoms with Gasteiger partial charge in [0, 0.05) is 0 Å². The minimum absolute atomic E-state index is 0.0536. The van der Waals surface area contributed by atoms with Crippen molar-refractivity contribution in [2.24, 2.45) is 5.73 Å². The van der Waals surface area contributed by atoms with Crippen molar-refractivity contribution in [1.29, 1.82) is 0 Å². The monoisotopic (exact) mass is 345 g/mol. The number of hydrogen-bond donors (Lipinski definition) is 6. The number of rotatable bonds is 9. The molecule has 1 aromatic rings. The third-order valence-corrected chi connectivity index (χ3v) is 2.95. The quantitative estimate of drug-likeness (QED) is 0.286. The van der Waals surface area contributed by atoms with E-state index in [1.165, 1.54) is 6.92 Å². The number of urea groups is 1. The SMILES string of the molecule is CC(=O)[C@H](CO)NC(=O)N[C@@H](CC(=O)O)c1nc([C@@H](N)CO)no1. The first-order chi connectivity index (χ1) is 11.3. The Morgan fingerprint density at radius 3 is 2.42 bits per heavy atom. The number of amides is 2. The maximum absolute atomic E-state index is 11.8. The lowest BCUT2D eigenvalue weighted by Crippen LogP contribution is -2.48. The fourth-order valence-electron chi connectivity index (χ4n) is 1.63. The highest BCUT2D eigenvalue weighted by atomic mass is 16.5. The summed E-state index contributed by atoms with van der Waals surface area (Å²) in [5.74, 6) is -2.01. The van der Waals surface area contributed by atoms with E-state index in [0.29, 0.717) is 0 Å². The van der Waals surface area contributed by atoms with E-state index in [0.717, 1.165) is 0 Å². The van der Waals surface area contributed by atoms with E-state index < -0.39 is 55.5 Å². The highest BCUT2D eigenvalue weighted by Crippen LogP contribution is 2.16. The molecule has 0 aromatic carbocycles. The lowest BCUT2D eigenvalue weighted by atomic mass is 10.2. The van der Waals surface area contributed by atoms with Gasteiger partial charge in [-0.1, -0.05) is 5.16 Å². The van der Waals surface area contributed by atoms with E-state index in [1.54, 1.807) is 0 Å². The van der Waals surface area contributed by atoms with Crippen LogP contribution in [0.2, 0.25) is 0 Å². The molecule has 3 atom stereocenters. The van der Waals surface area contributed by atoms with Crippen LogP contribution < -0.4 is 16.4 Å². The molecule has 0 aliphatic heterocycles. The van der Waals surface area contributed by atoms with Crippen molar-refractivity contribution in [1.82, 2.24) is 20.8 Å². The number of Topliss-reactive ketones (excluding diaryl/α,β-unsaturated/α-hetero) is 1. The number of aliphatic carboxylic acids is 1. The van der Waals surface area contributed by atoms with Gasteiger partial charge in [-0.25, -0.2) is 4.79 Å². The first-order valence-electron chi connectivity index (χ1n) is 6.88. The maximum Gasteiger partial charge on any atom is 0.316 e. The molecule has 0 spiro atoms. The molecule has 134 valence electrons. The van der Waals surface area contributed by atoms with Crippen LogP contribution in [0, 0.1) is 0 Å². The number of carbonyl (C=O) groups excluding carboxylic acids is 2. The molecule has 1 rings (SSSR count). The van der Waals surface area contributed by atoms with E-state index in [-0.39, 0.29) is 11.7 Å². The Kier molecular flexibility index (Phi) is 7.23. The zero-order valence-electron chi connectivity index (χ0n) is 12.8. The predicted molar refractivity (Wildman–Crippen MR) is 76.5 cm³/mol. The first kappa shape index (κ1) is 19.5. The van der Waals surface area contributed by atoms with E-state index in [9.17, 15) is 14.4 Å². The molecule has 0 radical (unpaired) electrons. The fraction of sp³-hybridized carbons (Fsp3) is 0.583. The van der Waals surface area contributed by atoms with Gasteiger partial charge in [0.2, 0.25) is 5.89 Å². The number of aliphatic hydroxyl groups excluding tert-OH is 2. The standard InChI is InChI=1S/C12H19N5O7/c1-5(20)8(4-19)15-12(23)14-7(2-9(21)22)11-16-10(17-24-11)6(13)3-18/h6-8,18-19H,2-4,13H2,1H3,(H,21,22)(H2,14,15,23)/t6-,7-,8-/m0/s1. The number of aromatic nitrogens is 2. The molecule has 0 aliphatic rings. The van der Waals surface area contributed by atoms with Crippen molar-refractivity contribution >= 4 is 17.8 Å². The molecule has 0 saturated heterocycles. The molecule has 0 unspecified atom stereocenters. The van der Waals surface area contributed by atoms with Gasteiger partial charge in [0.15, 0.2) is 11.6 Å². The minimum atomic E-state index is -1.25. The number of carboxylic acids is 1. The third-order valence-electron chi connectivity index (χ3n) is 2.95. The summed E-state index contributed by atoms with van der Waals surface area (Å²) in [6.45, 7) is 0.117. The molecule has 7 N–H and O–H groups in total. The van der Waals surface area contributed by atoms with Gasteiger partial charge in [0.05, 0.1) is 25.7 Å². The van der Waals surface area contributed by atoms with Crippen LogP contribution in [0.4, 0.5) is 4.79 Å². The normalized spacial score (nSPS) is 14.5. The average Bonchev–Trinajstić information content (AvgIpc) is 3.00. The number of hydrogen-bond acceptors (Lipinski definition) is 9. The highest BCUT2D eigenvalue weighted by Gasteiger charge is 2.26. The molecule has 12 heteroatoms. The number of ketones is 1. The summed E-state index contributed by atoms with van der Waals surface area (Å²) < 4.78 is 4.86. The van der Waals surface area contributed by atoms with Crippen LogP contribution in [0.1, 0.15) is 37.1 Å². The van der Waals surface area contributed by atoms with Crippen LogP contribution >= 0.6 is 0 Å². The van der Waals surface area contributed by atoms with Gasteiger partial charge in [0.1, 0.15) is 12.1 Å². The van der Waals surface area contributed by atoms with Gasteiger partial charge < -0.3 is 36.2 Å². The van der Waals surface area contributed by atoms with E-state index in [2.05, 4.69) is 20.8 Å². The Morgan fingerprint density at radius 2 is 1.92 bits per heavy atom. The Morgan fingerprint density at radius 1 is 1.25 bits per heavy atom. The molecule has 0 bridgehead atoms. The second-order valence-corrected chi connectivity index (χ2v) is 4.89. The van der Waals surface area contributed by atoms with Gasteiger partial charge in [-0.2, -0.15) is 4.98 Å². The van der Waals surface area contributed by atoms with Crippen molar-refractivity contribution in [3.63, 3.8) is 0 Å². The summed E-state index contributed by atoms with van der Waals surface area (Å²) in [6.07, 6.45) is -0.576. The van der Waals surface area contributed by atoms with E-state index >= 15 is 0 Å². The van der Waals surface area contributed by atoms with Crippen LogP contribution in [-0.2, 0) is 9.59 Å². The molecule has 0 fully saturated rings. The Hall–Kier alpha value is -2.57. The largest absolute Gasteiger partial charge is 0.481 e.